The van der Waals surface area contributed by atoms with E-state index in [2.05, 4.69) is 17.9 Å². The van der Waals surface area contributed by atoms with Gasteiger partial charge in [-0.15, -0.1) is 23.1 Å². The van der Waals surface area contributed by atoms with Crippen LogP contribution in [0.15, 0.2) is 34.5 Å². The van der Waals surface area contributed by atoms with Crippen LogP contribution in [0.1, 0.15) is 10.4 Å². The van der Waals surface area contributed by atoms with Crippen LogP contribution in [-0.4, -0.2) is 6.54 Å². The van der Waals surface area contributed by atoms with Gasteiger partial charge in [0.25, 0.3) is 0 Å². The van der Waals surface area contributed by atoms with Gasteiger partial charge in [-0.25, -0.2) is 0 Å². The van der Waals surface area contributed by atoms with Gasteiger partial charge in [0.2, 0.25) is 0 Å². The third kappa shape index (κ3) is 4.45. The summed E-state index contributed by atoms with van der Waals surface area (Å²) in [6.07, 6.45) is 0. The highest BCUT2D eigenvalue weighted by Crippen LogP contribution is 2.31. The lowest BCUT2D eigenvalue weighted by atomic mass is 10.3. The van der Waals surface area contributed by atoms with E-state index in [1.807, 2.05) is 23.6 Å². The minimum Gasteiger partial charge on any atom is -0.320 e. The zero-order chi connectivity index (χ0) is 13.7. The predicted molar refractivity (Wildman–Crippen MR) is 86.3 cm³/mol. The first-order valence-electron chi connectivity index (χ1n) is 5.53. The van der Waals surface area contributed by atoms with Gasteiger partial charge in [-0.3, -0.25) is 0 Å². The number of benzene rings is 1. The molecule has 0 radical (unpaired) electrons. The average Bonchev–Trinajstić information content (AvgIpc) is 2.86. The van der Waals surface area contributed by atoms with Gasteiger partial charge in [0.1, 0.15) is 0 Å². The highest BCUT2D eigenvalue weighted by molar-refractivity contribution is 7.98. The summed E-state index contributed by atoms with van der Waals surface area (Å²) in [4.78, 5) is 2.38. The van der Waals surface area contributed by atoms with Crippen LogP contribution in [0.4, 0.5) is 0 Å². The monoisotopic (exact) mass is 327 g/mol. The summed E-state index contributed by atoms with van der Waals surface area (Å²) < 4.78 is 0. The molecule has 5 heteroatoms. The second kappa shape index (κ2) is 7.23. The van der Waals surface area contributed by atoms with Gasteiger partial charge in [-0.2, -0.15) is 0 Å². The first-order valence-corrected chi connectivity index (χ1v) is 8.15. The Morgan fingerprint density at radius 2 is 2.05 bits per heavy atom. The summed E-state index contributed by atoms with van der Waals surface area (Å²) in [6.45, 7) is 0.392. The molecule has 1 aromatic heterocycles. The van der Waals surface area contributed by atoms with E-state index < -0.39 is 0 Å². The maximum absolute atomic E-state index is 5.98. The van der Waals surface area contributed by atoms with Crippen molar-refractivity contribution in [2.24, 2.45) is 5.73 Å². The number of thioether (sulfide) groups is 1. The van der Waals surface area contributed by atoms with E-state index in [0.717, 1.165) is 16.2 Å². The number of hydrogen-bond acceptors (Lipinski definition) is 3. The molecule has 0 aliphatic heterocycles. The molecule has 1 nitrogen and oxygen atoms in total. The molecular formula is C14H11Cl2NS2. The first kappa shape index (κ1) is 14.8. The lowest BCUT2D eigenvalue weighted by Crippen LogP contribution is -1.92. The Morgan fingerprint density at radius 3 is 2.79 bits per heavy atom. The van der Waals surface area contributed by atoms with Crippen molar-refractivity contribution in [3.05, 3.63) is 50.1 Å². The molecule has 0 unspecified atom stereocenters. The lowest BCUT2D eigenvalue weighted by molar-refractivity contribution is 1.30. The molecule has 0 aliphatic carbocycles. The SMILES string of the molecule is NCC#Cc1csc(CSc2ccc(Cl)c(Cl)c2)c1. The number of halogens is 2. The molecule has 1 heterocycles. The largest absolute Gasteiger partial charge is 0.320 e. The maximum atomic E-state index is 5.98. The number of rotatable bonds is 3. The first-order chi connectivity index (χ1) is 9.19. The zero-order valence-corrected chi connectivity index (χ0v) is 13.1. The number of thiophene rings is 1. The van der Waals surface area contributed by atoms with E-state index in [0.29, 0.717) is 16.6 Å². The molecule has 0 bridgehead atoms. The standard InChI is InChI=1S/C14H11Cl2NS2/c15-13-4-3-11(7-14(13)16)19-9-12-6-10(8-18-12)2-1-5-17/h3-4,6-8H,5,9,17H2. The van der Waals surface area contributed by atoms with E-state index in [9.17, 15) is 0 Å². The van der Waals surface area contributed by atoms with Gasteiger partial charge in [0.15, 0.2) is 0 Å². The molecule has 0 aliphatic rings. The molecule has 2 aromatic rings. The number of nitrogens with two attached hydrogens (primary N) is 1. The van der Waals surface area contributed by atoms with E-state index >= 15 is 0 Å². The average molecular weight is 328 g/mol. The van der Waals surface area contributed by atoms with Gasteiger partial charge in [-0.05, 0) is 24.3 Å². The Bertz CT molecular complexity index is 626. The van der Waals surface area contributed by atoms with Gasteiger partial charge >= 0.3 is 0 Å². The molecule has 0 saturated carbocycles. The Labute approximate surface area is 131 Å². The summed E-state index contributed by atoms with van der Waals surface area (Å²) in [7, 11) is 0. The zero-order valence-electron chi connectivity index (χ0n) is 9.95. The molecule has 0 saturated heterocycles. The van der Waals surface area contributed by atoms with Gasteiger partial charge in [-0.1, -0.05) is 35.0 Å². The smallest absolute Gasteiger partial charge is 0.0603 e. The molecule has 0 atom stereocenters. The van der Waals surface area contributed by atoms with Crippen LogP contribution in [0.3, 0.4) is 0 Å². The van der Waals surface area contributed by atoms with Gasteiger partial charge < -0.3 is 5.73 Å². The predicted octanol–water partition coefficient (Wildman–Crippen LogP) is 4.66. The molecule has 1 aromatic carbocycles. The van der Waals surface area contributed by atoms with Crippen molar-refractivity contribution in [2.45, 2.75) is 10.6 Å². The minimum atomic E-state index is 0.392. The van der Waals surface area contributed by atoms with Crippen LogP contribution in [-0.2, 0) is 5.75 Å². The van der Waals surface area contributed by atoms with Crippen molar-refractivity contribution >= 4 is 46.3 Å². The van der Waals surface area contributed by atoms with Crippen LogP contribution < -0.4 is 5.73 Å². The van der Waals surface area contributed by atoms with Crippen LogP contribution in [0, 0.1) is 11.8 Å². The second-order valence-electron chi connectivity index (χ2n) is 3.67. The van der Waals surface area contributed by atoms with Crippen LogP contribution >= 0.6 is 46.3 Å². The normalized spacial score (nSPS) is 10.1. The maximum Gasteiger partial charge on any atom is 0.0603 e. The van der Waals surface area contributed by atoms with E-state index in [4.69, 9.17) is 28.9 Å². The van der Waals surface area contributed by atoms with Crippen molar-refractivity contribution in [3.8, 4) is 11.8 Å². The summed E-state index contributed by atoms with van der Waals surface area (Å²) in [6, 6.07) is 7.77. The fourth-order valence-electron chi connectivity index (χ4n) is 1.40. The Kier molecular flexibility index (Phi) is 5.62. The third-order valence-corrected chi connectivity index (χ3v) is 5.16. The van der Waals surface area contributed by atoms with E-state index in [1.54, 1.807) is 23.1 Å². The Hall–Kier alpha value is -0.630. The Morgan fingerprint density at radius 1 is 1.21 bits per heavy atom. The van der Waals surface area contributed by atoms with Crippen molar-refractivity contribution in [1.82, 2.24) is 0 Å². The van der Waals surface area contributed by atoms with E-state index in [1.165, 1.54) is 4.88 Å². The van der Waals surface area contributed by atoms with Crippen LogP contribution in [0.25, 0.3) is 0 Å². The fraction of sp³-hybridized carbons (Fsp3) is 0.143. The summed E-state index contributed by atoms with van der Waals surface area (Å²) in [5.41, 5.74) is 6.37. The van der Waals surface area contributed by atoms with Crippen molar-refractivity contribution in [3.63, 3.8) is 0 Å². The highest BCUT2D eigenvalue weighted by atomic mass is 35.5. The fourth-order valence-corrected chi connectivity index (χ4v) is 3.57. The van der Waals surface area contributed by atoms with Gasteiger partial charge in [0.05, 0.1) is 16.6 Å². The lowest BCUT2D eigenvalue weighted by Gasteiger charge is -2.01. The van der Waals surface area contributed by atoms with Crippen LogP contribution in [0.5, 0.6) is 0 Å². The van der Waals surface area contributed by atoms with Crippen molar-refractivity contribution < 1.29 is 0 Å². The molecule has 19 heavy (non-hydrogen) atoms. The molecule has 2 N–H and O–H groups in total. The topological polar surface area (TPSA) is 26.0 Å². The summed E-state index contributed by atoms with van der Waals surface area (Å²) in [5.74, 6) is 6.77. The molecule has 98 valence electrons. The molecule has 0 fully saturated rings. The Balaban J connectivity index is 1.98. The molecular weight excluding hydrogens is 317 g/mol. The molecule has 0 spiro atoms. The molecule has 2 rings (SSSR count). The van der Waals surface area contributed by atoms with Gasteiger partial charge in [0, 0.05) is 26.5 Å². The minimum absolute atomic E-state index is 0.392. The van der Waals surface area contributed by atoms with Crippen LogP contribution in [0.2, 0.25) is 10.0 Å². The van der Waals surface area contributed by atoms with Crippen molar-refractivity contribution in [1.29, 1.82) is 0 Å². The van der Waals surface area contributed by atoms with E-state index in [-0.39, 0.29) is 0 Å². The second-order valence-corrected chi connectivity index (χ2v) is 6.53. The summed E-state index contributed by atoms with van der Waals surface area (Å²) >= 11 is 15.3. The van der Waals surface area contributed by atoms with Crippen molar-refractivity contribution in [2.75, 3.05) is 6.54 Å². The highest BCUT2D eigenvalue weighted by Gasteiger charge is 2.02. The molecule has 0 amide bonds. The number of hydrogen-bond donors (Lipinski definition) is 1. The third-order valence-electron chi connectivity index (χ3n) is 2.26. The quantitative estimate of drug-likeness (QED) is 0.655. The summed E-state index contributed by atoms with van der Waals surface area (Å²) in [5, 5.41) is 3.22.